The number of nitrogens with one attached hydrogen (secondary N) is 2. The number of carbonyl (C=O) groups is 3. The van der Waals surface area contributed by atoms with Crippen molar-refractivity contribution in [2.45, 2.75) is 95.8 Å². The number of thiazole rings is 1. The highest BCUT2D eigenvalue weighted by atomic mass is 32.2. The molecule has 4 N–H and O–H groups in total. The quantitative estimate of drug-likeness (QED) is 0.238. The predicted molar refractivity (Wildman–Crippen MR) is 180 cm³/mol. The van der Waals surface area contributed by atoms with E-state index in [1.807, 2.05) is 41.7 Å². The first kappa shape index (κ1) is 37.4. The van der Waals surface area contributed by atoms with Crippen LogP contribution in [0, 0.1) is 11.8 Å². The van der Waals surface area contributed by atoms with Crippen LogP contribution >= 0.6 is 11.3 Å². The zero-order valence-corrected chi connectivity index (χ0v) is 29.6. The lowest BCUT2D eigenvalue weighted by Crippen LogP contribution is -2.58. The van der Waals surface area contributed by atoms with Crippen molar-refractivity contribution >= 4 is 44.8 Å². The zero-order valence-electron chi connectivity index (χ0n) is 28.0. The Hall–Kier alpha value is -3.07. The molecule has 1 aliphatic rings. The molecule has 3 amide bonds. The maximum atomic E-state index is 14.1. The van der Waals surface area contributed by atoms with E-state index in [1.54, 1.807) is 11.9 Å². The lowest BCUT2D eigenvalue weighted by Gasteiger charge is -2.38. The maximum Gasteiger partial charge on any atom is 0.284 e. The minimum Gasteiger partial charge on any atom is -0.399 e. The van der Waals surface area contributed by atoms with Gasteiger partial charge in [0.05, 0.1) is 10.9 Å². The molecule has 0 radical (unpaired) electrons. The first-order chi connectivity index (χ1) is 21.7. The molecule has 256 valence electrons. The molecule has 1 saturated heterocycles. The number of hydrogen-bond donors (Lipinski definition) is 3. The second-order valence-electron chi connectivity index (χ2n) is 12.4. The largest absolute Gasteiger partial charge is 0.399 e. The van der Waals surface area contributed by atoms with E-state index in [-0.39, 0.29) is 46.3 Å². The van der Waals surface area contributed by atoms with Crippen molar-refractivity contribution in [2.75, 3.05) is 33.0 Å². The van der Waals surface area contributed by atoms with Gasteiger partial charge >= 0.3 is 0 Å². The molecule has 1 aromatic heterocycles. The third-order valence-corrected chi connectivity index (χ3v) is 11.0. The first-order valence-electron chi connectivity index (χ1n) is 16.0. The fourth-order valence-electron chi connectivity index (χ4n) is 5.68. The van der Waals surface area contributed by atoms with Gasteiger partial charge in [-0.05, 0) is 69.5 Å². The van der Waals surface area contributed by atoms with Gasteiger partial charge in [-0.1, -0.05) is 40.5 Å². The molecule has 14 heteroatoms. The molecule has 5 atom stereocenters. The van der Waals surface area contributed by atoms with Crippen LogP contribution in [-0.4, -0.2) is 86.3 Å². The predicted octanol–water partition coefficient (Wildman–Crippen LogP) is 3.81. The van der Waals surface area contributed by atoms with Crippen LogP contribution in [-0.2, 0) is 24.3 Å². The molecule has 0 unspecified atom stereocenters. The highest BCUT2D eigenvalue weighted by Crippen LogP contribution is 2.31. The van der Waals surface area contributed by atoms with E-state index in [0.29, 0.717) is 23.7 Å². The van der Waals surface area contributed by atoms with Crippen molar-refractivity contribution in [3.8, 4) is 0 Å². The molecular formula is C32H50N6O6S2. The van der Waals surface area contributed by atoms with Gasteiger partial charge in [0, 0.05) is 37.2 Å². The number of carbonyl (C=O) groups excluding carboxylic acids is 3. The van der Waals surface area contributed by atoms with Crippen LogP contribution in [0.25, 0.3) is 0 Å². The van der Waals surface area contributed by atoms with E-state index in [9.17, 15) is 22.8 Å². The van der Waals surface area contributed by atoms with Crippen molar-refractivity contribution in [2.24, 2.45) is 11.8 Å². The highest BCUT2D eigenvalue weighted by Gasteiger charge is 2.37. The molecule has 1 aliphatic heterocycles. The lowest BCUT2D eigenvalue weighted by molar-refractivity contribution is -0.141. The van der Waals surface area contributed by atoms with Crippen molar-refractivity contribution < 1.29 is 27.5 Å². The number of anilines is 1. The summed E-state index contributed by atoms with van der Waals surface area (Å²) in [6.07, 6.45) is 3.36. The van der Waals surface area contributed by atoms with E-state index in [4.69, 9.17) is 10.5 Å². The Bertz CT molecular complexity index is 1430. The van der Waals surface area contributed by atoms with Crippen molar-refractivity contribution in [3.63, 3.8) is 0 Å². The van der Waals surface area contributed by atoms with Crippen LogP contribution in [0.4, 0.5) is 5.69 Å². The number of piperidine rings is 1. The van der Waals surface area contributed by atoms with Gasteiger partial charge in [-0.15, -0.1) is 11.3 Å². The topological polar surface area (TPSA) is 164 Å². The summed E-state index contributed by atoms with van der Waals surface area (Å²) in [7, 11) is -0.426. The van der Waals surface area contributed by atoms with Crippen LogP contribution in [0.5, 0.6) is 0 Å². The van der Waals surface area contributed by atoms with Crippen LogP contribution in [0.15, 0.2) is 34.5 Å². The van der Waals surface area contributed by atoms with E-state index in [2.05, 4.69) is 19.9 Å². The number of nitrogens with two attached hydrogens (primary N) is 1. The van der Waals surface area contributed by atoms with Crippen LogP contribution in [0.2, 0.25) is 0 Å². The molecule has 3 rings (SSSR count). The number of likely N-dealkylation sites (tertiary alicyclic amines) is 1. The number of benzene rings is 1. The summed E-state index contributed by atoms with van der Waals surface area (Å²) in [4.78, 5) is 48.4. The number of nitrogen functional groups attached to an aromatic ring is 1. The van der Waals surface area contributed by atoms with Gasteiger partial charge in [-0.3, -0.25) is 19.3 Å². The summed E-state index contributed by atoms with van der Waals surface area (Å²) in [5, 5.41) is 5.08. The molecule has 0 bridgehead atoms. The molecular weight excluding hydrogens is 629 g/mol. The Balaban J connectivity index is 1.78. The maximum absolute atomic E-state index is 14.1. The average molecular weight is 679 g/mol. The molecule has 0 saturated carbocycles. The van der Waals surface area contributed by atoms with E-state index in [1.165, 1.54) is 41.0 Å². The van der Waals surface area contributed by atoms with Gasteiger partial charge in [0.1, 0.15) is 22.8 Å². The number of amides is 3. The van der Waals surface area contributed by atoms with Crippen molar-refractivity contribution in [3.05, 3.63) is 40.3 Å². The van der Waals surface area contributed by atoms with Gasteiger partial charge in [-0.25, -0.2) is 18.1 Å². The Labute approximate surface area is 277 Å². The Morgan fingerprint density at radius 2 is 1.83 bits per heavy atom. The van der Waals surface area contributed by atoms with E-state index in [0.717, 1.165) is 32.2 Å². The van der Waals surface area contributed by atoms with E-state index >= 15 is 0 Å². The zero-order chi connectivity index (χ0) is 34.2. The molecule has 1 fully saturated rings. The first-order valence-corrected chi connectivity index (χ1v) is 18.3. The molecule has 12 nitrogen and oxygen atoms in total. The molecule has 2 aromatic rings. The molecule has 0 aliphatic carbocycles. The summed E-state index contributed by atoms with van der Waals surface area (Å²) >= 11 is 1.19. The number of ether oxygens (including phenoxy) is 1. The summed E-state index contributed by atoms with van der Waals surface area (Å²) in [6, 6.07) is 4.30. The lowest BCUT2D eigenvalue weighted by atomic mass is 9.92. The number of aromatic nitrogens is 1. The molecule has 1 aromatic carbocycles. The van der Waals surface area contributed by atoms with Gasteiger partial charge in [0.25, 0.3) is 15.9 Å². The highest BCUT2D eigenvalue weighted by molar-refractivity contribution is 7.90. The summed E-state index contributed by atoms with van der Waals surface area (Å²) in [6.45, 7) is 11.1. The Morgan fingerprint density at radius 3 is 2.41 bits per heavy atom. The van der Waals surface area contributed by atoms with Gasteiger partial charge in [0.2, 0.25) is 11.8 Å². The number of sulfonamides is 1. The third-order valence-electron chi connectivity index (χ3n) is 8.74. The molecule has 0 spiro atoms. The Kier molecular flexibility index (Phi) is 13.5. The monoisotopic (exact) mass is 678 g/mol. The average Bonchev–Trinajstić information content (AvgIpc) is 3.51. The van der Waals surface area contributed by atoms with Crippen molar-refractivity contribution in [1.82, 2.24) is 24.8 Å². The number of likely N-dealkylation sites (N-methyl/N-ethyl adjacent to an activating group) is 2. The number of nitrogens with zero attached hydrogens (tertiary/aromatic N) is 3. The number of rotatable bonds is 15. The minimum atomic E-state index is -4.13. The fraction of sp³-hybridized carbons (Fsp3) is 0.625. The van der Waals surface area contributed by atoms with Crippen LogP contribution < -0.4 is 15.8 Å². The second kappa shape index (κ2) is 16.7. The normalized spacial score (nSPS) is 18.4. The van der Waals surface area contributed by atoms with Crippen LogP contribution in [0.3, 0.4) is 0 Å². The summed E-state index contributed by atoms with van der Waals surface area (Å²) < 4.78 is 33.6. The van der Waals surface area contributed by atoms with Crippen molar-refractivity contribution in [1.29, 1.82) is 0 Å². The Morgan fingerprint density at radius 1 is 1.15 bits per heavy atom. The molecule has 46 heavy (non-hydrogen) atoms. The minimum absolute atomic E-state index is 0.0300. The van der Waals surface area contributed by atoms with Gasteiger partial charge < -0.3 is 20.7 Å². The van der Waals surface area contributed by atoms with Crippen LogP contribution in [0.1, 0.15) is 88.3 Å². The number of hydrogen-bond acceptors (Lipinski definition) is 10. The van der Waals surface area contributed by atoms with E-state index < -0.39 is 28.1 Å². The second-order valence-corrected chi connectivity index (χ2v) is 15.0. The smallest absolute Gasteiger partial charge is 0.284 e. The SMILES string of the molecule is CCO[C@H](C[C@H](C(C)C)N(C)C(=O)[C@@H](NC(=O)[C@H]1CCCCN1C)[C@@H](C)CC)c1nc(C(=O)NS(=O)(=O)c2ccc(N)cc2)cs1. The summed E-state index contributed by atoms with van der Waals surface area (Å²) in [5.41, 5.74) is 5.99. The summed E-state index contributed by atoms with van der Waals surface area (Å²) in [5.74, 6) is -1.19. The van der Waals surface area contributed by atoms with Gasteiger partial charge in [0.15, 0.2) is 0 Å². The fourth-order valence-corrected chi connectivity index (χ4v) is 7.50. The molecule has 2 heterocycles. The standard InChI is InChI=1S/C32H50N6O6S2/c1-8-21(5)28(35-30(40)25-12-10-11-17-37(25)6)32(41)38(7)26(20(3)4)18-27(44-9-2)31-34-24(19-45-31)29(39)36-46(42,43)23-15-13-22(33)14-16-23/h13-16,19-21,25-28H,8-12,17-18,33H2,1-7H3,(H,35,40)(H,36,39)/t21-,25+,26+,27+,28-/m0/s1. The van der Waals surface area contributed by atoms with Gasteiger partial charge in [-0.2, -0.15) is 0 Å². The third kappa shape index (κ3) is 9.49.